The highest BCUT2D eigenvalue weighted by Crippen LogP contribution is 2.31. The van der Waals surface area contributed by atoms with Crippen LogP contribution in [0.4, 0.5) is 0 Å². The minimum atomic E-state index is 0. The average molecular weight is 235 g/mol. The fraction of sp³-hybridized carbons (Fsp3) is 0.538. The van der Waals surface area contributed by atoms with Crippen molar-refractivity contribution < 1.29 is 6.22 Å². The van der Waals surface area contributed by atoms with Crippen molar-refractivity contribution in [2.75, 3.05) is 19.6 Å². The molecule has 1 amide bonds. The normalized spacial score (nSPS) is 19.6. The summed E-state index contributed by atoms with van der Waals surface area (Å²) in [5.41, 5.74) is 1.20. The van der Waals surface area contributed by atoms with Crippen LogP contribution in [0, 0.1) is 0 Å². The summed E-state index contributed by atoms with van der Waals surface area (Å²) in [5, 5.41) is 3.09. The summed E-state index contributed by atoms with van der Waals surface area (Å²) in [6, 6.07) is 4.25. The van der Waals surface area contributed by atoms with Gasteiger partial charge in [-0.15, -0.1) is 0 Å². The first kappa shape index (κ1) is 12.0. The Kier molecular flexibility index (Phi) is 4.09. The molecule has 0 saturated carbocycles. The molecule has 4 heteroatoms. The first-order valence-corrected chi connectivity index (χ1v) is 6.23. The molecule has 1 atom stereocenters. The number of likely N-dealkylation sites (N-methyl/N-ethyl adjacent to an activating group) is 1. The van der Waals surface area contributed by atoms with Crippen LogP contribution in [0.3, 0.4) is 0 Å². The van der Waals surface area contributed by atoms with Crippen molar-refractivity contribution in [3.05, 3.63) is 30.1 Å². The zero-order valence-corrected chi connectivity index (χ0v) is 10.2. The van der Waals surface area contributed by atoms with Crippen molar-refractivity contribution in [3.8, 4) is 0 Å². The molecule has 94 valence electrons. The molecule has 0 bridgehead atoms. The van der Waals surface area contributed by atoms with Crippen LogP contribution in [0.1, 0.15) is 32.8 Å². The highest BCUT2D eigenvalue weighted by Gasteiger charge is 2.29. The first-order valence-electron chi connectivity index (χ1n) is 6.23. The van der Waals surface area contributed by atoms with Gasteiger partial charge in [-0.1, -0.05) is 6.92 Å². The van der Waals surface area contributed by atoms with Gasteiger partial charge in [0.1, 0.15) is 0 Å². The van der Waals surface area contributed by atoms with Crippen LogP contribution in [0.15, 0.2) is 24.5 Å². The minimum absolute atomic E-state index is 0. The maximum absolute atomic E-state index is 12.0. The van der Waals surface area contributed by atoms with Gasteiger partial charge in [-0.2, -0.15) is 0 Å². The Morgan fingerprint density at radius 3 is 3.06 bits per heavy atom. The number of nitrogens with one attached hydrogen (secondary N) is 1. The standard InChI is InChI=1S/C13H19N3O.H2/c1-2-14-10-13(17)16-9-3-4-12(16)11-5-7-15-8-6-11;/h5-8,12,14H,2-4,9-10H2,1H3;1H. The molecule has 0 aliphatic carbocycles. The lowest BCUT2D eigenvalue weighted by Crippen LogP contribution is -2.37. The van der Waals surface area contributed by atoms with E-state index in [0.717, 1.165) is 25.9 Å². The summed E-state index contributed by atoms with van der Waals surface area (Å²) in [4.78, 5) is 18.0. The Bertz CT molecular complexity index is 372. The predicted molar refractivity (Wildman–Crippen MR) is 68.6 cm³/mol. The Labute approximate surface area is 104 Å². The van der Waals surface area contributed by atoms with E-state index in [0.29, 0.717) is 6.54 Å². The molecule has 1 unspecified atom stereocenters. The van der Waals surface area contributed by atoms with Crippen LogP contribution >= 0.6 is 0 Å². The van der Waals surface area contributed by atoms with Gasteiger partial charge in [-0.3, -0.25) is 9.78 Å². The van der Waals surface area contributed by atoms with Crippen LogP contribution in [0.5, 0.6) is 0 Å². The number of likely N-dealkylation sites (tertiary alicyclic amines) is 1. The van der Waals surface area contributed by atoms with Crippen molar-refractivity contribution in [1.82, 2.24) is 15.2 Å². The number of nitrogens with zero attached hydrogens (tertiary/aromatic N) is 2. The van der Waals surface area contributed by atoms with E-state index < -0.39 is 0 Å². The highest BCUT2D eigenvalue weighted by molar-refractivity contribution is 5.79. The molecule has 17 heavy (non-hydrogen) atoms. The number of aromatic nitrogens is 1. The molecule has 1 aromatic rings. The third-order valence-corrected chi connectivity index (χ3v) is 3.19. The number of pyridine rings is 1. The number of hydrogen-bond donors (Lipinski definition) is 1. The van der Waals surface area contributed by atoms with Crippen LogP contribution in [-0.2, 0) is 4.79 Å². The molecule has 1 aliphatic rings. The monoisotopic (exact) mass is 235 g/mol. The predicted octanol–water partition coefficient (Wildman–Crippen LogP) is 1.60. The third kappa shape index (κ3) is 2.82. The van der Waals surface area contributed by atoms with E-state index in [9.17, 15) is 4.79 Å². The number of carbonyl (C=O) groups excluding carboxylic acids is 1. The zero-order chi connectivity index (χ0) is 12.1. The summed E-state index contributed by atoms with van der Waals surface area (Å²) in [6.07, 6.45) is 5.73. The minimum Gasteiger partial charge on any atom is -0.335 e. The number of hydrogen-bond acceptors (Lipinski definition) is 3. The van der Waals surface area contributed by atoms with Crippen molar-refractivity contribution in [1.29, 1.82) is 0 Å². The van der Waals surface area contributed by atoms with Gasteiger partial charge in [0.05, 0.1) is 12.6 Å². The van der Waals surface area contributed by atoms with E-state index in [4.69, 9.17) is 0 Å². The fourth-order valence-corrected chi connectivity index (χ4v) is 2.33. The largest absolute Gasteiger partial charge is 0.335 e. The van der Waals surface area contributed by atoms with E-state index in [1.165, 1.54) is 5.56 Å². The van der Waals surface area contributed by atoms with E-state index in [1.54, 1.807) is 12.4 Å². The lowest BCUT2D eigenvalue weighted by Gasteiger charge is -2.25. The van der Waals surface area contributed by atoms with Crippen LogP contribution in [-0.4, -0.2) is 35.4 Å². The van der Waals surface area contributed by atoms with E-state index in [2.05, 4.69) is 10.3 Å². The second-order valence-electron chi connectivity index (χ2n) is 4.31. The summed E-state index contributed by atoms with van der Waals surface area (Å²) < 4.78 is 0. The Morgan fingerprint density at radius 2 is 2.35 bits per heavy atom. The number of carbonyl (C=O) groups is 1. The highest BCUT2D eigenvalue weighted by atomic mass is 16.2. The molecular weight excluding hydrogens is 214 g/mol. The molecule has 2 rings (SSSR count). The number of rotatable bonds is 4. The summed E-state index contributed by atoms with van der Waals surface area (Å²) >= 11 is 0. The molecule has 0 aromatic carbocycles. The number of amides is 1. The van der Waals surface area contributed by atoms with E-state index in [-0.39, 0.29) is 13.4 Å². The lowest BCUT2D eigenvalue weighted by molar-refractivity contribution is -0.131. The molecule has 1 fully saturated rings. The van der Waals surface area contributed by atoms with Gasteiger partial charge in [0.25, 0.3) is 0 Å². The van der Waals surface area contributed by atoms with E-state index in [1.807, 2.05) is 24.0 Å². The molecule has 1 aliphatic heterocycles. The average Bonchev–Trinajstić information content (AvgIpc) is 2.86. The molecule has 0 radical (unpaired) electrons. The Balaban J connectivity index is 0.00000162. The Hall–Kier alpha value is -1.42. The molecular formula is C13H21N3O. The van der Waals surface area contributed by atoms with Gasteiger partial charge >= 0.3 is 0 Å². The summed E-state index contributed by atoms with van der Waals surface area (Å²) in [6.45, 7) is 4.16. The van der Waals surface area contributed by atoms with Crippen molar-refractivity contribution >= 4 is 5.91 Å². The molecule has 1 N–H and O–H groups in total. The lowest BCUT2D eigenvalue weighted by atomic mass is 10.1. The second kappa shape index (κ2) is 5.77. The maximum atomic E-state index is 12.0. The van der Waals surface area contributed by atoms with Crippen molar-refractivity contribution in [2.24, 2.45) is 0 Å². The van der Waals surface area contributed by atoms with Crippen molar-refractivity contribution in [2.45, 2.75) is 25.8 Å². The van der Waals surface area contributed by atoms with Gasteiger partial charge in [-0.05, 0) is 37.1 Å². The zero-order valence-electron chi connectivity index (χ0n) is 10.2. The fourth-order valence-electron chi connectivity index (χ4n) is 2.33. The molecule has 1 aromatic heterocycles. The Morgan fingerprint density at radius 1 is 1.59 bits per heavy atom. The van der Waals surface area contributed by atoms with Crippen LogP contribution in [0.2, 0.25) is 0 Å². The SMILES string of the molecule is CCNCC(=O)N1CCCC1c1ccncc1.[HH]. The first-order chi connectivity index (χ1) is 8.33. The smallest absolute Gasteiger partial charge is 0.237 e. The maximum Gasteiger partial charge on any atom is 0.237 e. The summed E-state index contributed by atoms with van der Waals surface area (Å²) in [5.74, 6) is 0.200. The topological polar surface area (TPSA) is 45.2 Å². The van der Waals surface area contributed by atoms with Gasteiger partial charge < -0.3 is 10.2 Å². The second-order valence-corrected chi connectivity index (χ2v) is 4.31. The molecule has 0 spiro atoms. The third-order valence-electron chi connectivity index (χ3n) is 3.19. The van der Waals surface area contributed by atoms with Crippen LogP contribution in [0.25, 0.3) is 0 Å². The molecule has 4 nitrogen and oxygen atoms in total. The van der Waals surface area contributed by atoms with Gasteiger partial charge in [-0.25, -0.2) is 0 Å². The van der Waals surface area contributed by atoms with Gasteiger partial charge in [0.15, 0.2) is 0 Å². The van der Waals surface area contributed by atoms with Gasteiger partial charge in [0, 0.05) is 20.4 Å². The molecule has 2 heterocycles. The van der Waals surface area contributed by atoms with E-state index >= 15 is 0 Å². The van der Waals surface area contributed by atoms with Crippen LogP contribution < -0.4 is 5.32 Å². The summed E-state index contributed by atoms with van der Waals surface area (Å²) in [7, 11) is 0. The quantitative estimate of drug-likeness (QED) is 0.862. The van der Waals surface area contributed by atoms with Gasteiger partial charge in [0.2, 0.25) is 5.91 Å². The van der Waals surface area contributed by atoms with Crippen molar-refractivity contribution in [3.63, 3.8) is 0 Å². The molecule has 1 saturated heterocycles.